The van der Waals surface area contributed by atoms with Crippen molar-refractivity contribution in [1.82, 2.24) is 0 Å². The third kappa shape index (κ3) is 10.6. The highest BCUT2D eigenvalue weighted by atomic mass is 16.8. The third-order valence-corrected chi connectivity index (χ3v) is 20.2. The Morgan fingerprint density at radius 2 is 0.229 bits per heavy atom. The first kappa shape index (κ1) is 55.7. The predicted molar refractivity (Wildman–Crippen MR) is 263 cm³/mol. The van der Waals surface area contributed by atoms with Crippen molar-refractivity contribution in [2.45, 2.75) is 275 Å². The van der Waals surface area contributed by atoms with Crippen molar-refractivity contribution in [2.75, 3.05) is 0 Å². The molecule has 21 aliphatic rings. The summed E-state index contributed by atoms with van der Waals surface area (Å²) in [5.41, 5.74) is 0. The van der Waals surface area contributed by atoms with E-state index < -0.39 is 44.0 Å². The number of rotatable bonds is 0. The van der Waals surface area contributed by atoms with Gasteiger partial charge in [0.2, 0.25) is 0 Å². The third-order valence-electron chi connectivity index (χ3n) is 20.2. The van der Waals surface area contributed by atoms with Gasteiger partial charge < -0.3 is 66.3 Å². The first-order chi connectivity index (χ1) is 32.9. The second-order valence-corrected chi connectivity index (χ2v) is 24.7. The van der Waals surface area contributed by atoms with Crippen LogP contribution in [-0.4, -0.2) is 129 Å². The number of hydrogen-bond acceptors (Lipinski definition) is 14. The van der Waals surface area contributed by atoms with Crippen LogP contribution in [0.1, 0.15) is 145 Å². The molecular formula is C56H98O14. The van der Waals surface area contributed by atoms with E-state index in [0.29, 0.717) is 0 Å². The smallest absolute Gasteiger partial charge is 0.161 e. The summed E-state index contributed by atoms with van der Waals surface area (Å²) in [6.07, 6.45) is -5.78. The van der Waals surface area contributed by atoms with E-state index in [1.165, 1.54) is 0 Å². The molecule has 0 amide bonds. The summed E-state index contributed by atoms with van der Waals surface area (Å²) in [4.78, 5) is 0. The Kier molecular flexibility index (Phi) is 17.6. The summed E-state index contributed by atoms with van der Waals surface area (Å²) < 4.78 is 96.1. The van der Waals surface area contributed by atoms with Crippen LogP contribution in [-0.2, 0) is 66.3 Å². The standard InChI is InChI=1S/C56H98O14/c1-22-29(8)50-57-36(15)43(22)64-51-30(9)23(2)45(38(17)58-51)66-53-32(11)25(4)47(40(19)60-53)68-55-34(13)27(6)49(42(21)62-55)70-56-35(14)28(7)48(41(20)63-56)69-54-33(12)26(5)46(39(18)61-54)67-52-31(10)24(3)44(65-50)37(16)59-52/h22-56H,1-21H3. The maximum atomic E-state index is 6.97. The van der Waals surface area contributed by atoms with Crippen molar-refractivity contribution < 1.29 is 66.3 Å². The molecule has 0 aromatic rings. The molecule has 406 valence electrons. The van der Waals surface area contributed by atoms with Crippen LogP contribution in [0, 0.1) is 82.9 Å². The van der Waals surface area contributed by atoms with Gasteiger partial charge in [0.15, 0.2) is 44.0 Å². The lowest BCUT2D eigenvalue weighted by Gasteiger charge is -2.51. The second-order valence-electron chi connectivity index (χ2n) is 24.7. The fourth-order valence-electron chi connectivity index (χ4n) is 13.5. The predicted octanol–water partition coefficient (Wildman–Crippen LogP) is 9.82. The molecule has 0 radical (unpaired) electrons. The molecule has 0 N–H and O–H groups in total. The Bertz CT molecular complexity index is 1360. The Labute approximate surface area is 422 Å². The topological polar surface area (TPSA) is 129 Å². The fraction of sp³-hybridized carbons (Fsp3) is 1.00. The van der Waals surface area contributed by atoms with Crippen LogP contribution in [0.3, 0.4) is 0 Å². The van der Waals surface area contributed by atoms with Gasteiger partial charge in [0.25, 0.3) is 0 Å². The second kappa shape index (κ2) is 22.2. The molecular weight excluding hydrogens is 897 g/mol. The lowest BCUT2D eigenvalue weighted by Crippen LogP contribution is -2.59. The van der Waals surface area contributed by atoms with Gasteiger partial charge in [-0.15, -0.1) is 0 Å². The minimum Gasteiger partial charge on any atom is -0.347 e. The molecule has 21 heterocycles. The summed E-state index contributed by atoms with van der Waals surface area (Å²) >= 11 is 0. The molecule has 0 aromatic heterocycles. The molecule has 14 heteroatoms. The molecule has 21 rings (SSSR count). The largest absolute Gasteiger partial charge is 0.347 e. The molecule has 0 saturated carbocycles. The van der Waals surface area contributed by atoms with Gasteiger partial charge in [-0.25, -0.2) is 0 Å². The molecule has 70 heavy (non-hydrogen) atoms. The van der Waals surface area contributed by atoms with Crippen LogP contribution in [0.25, 0.3) is 0 Å². The minimum absolute atomic E-state index is 0.0576. The average Bonchev–Trinajstić information content (AvgIpc) is 3.31. The van der Waals surface area contributed by atoms with E-state index >= 15 is 0 Å². The van der Waals surface area contributed by atoms with Crippen molar-refractivity contribution >= 4 is 0 Å². The van der Waals surface area contributed by atoms with Gasteiger partial charge in [-0.3, -0.25) is 0 Å². The molecule has 14 bridgehead atoms. The van der Waals surface area contributed by atoms with Crippen LogP contribution >= 0.6 is 0 Å². The molecule has 0 aromatic carbocycles. The Hall–Kier alpha value is -0.560. The maximum Gasteiger partial charge on any atom is 0.161 e. The Balaban J connectivity index is 1.02. The SMILES string of the molecule is CC1OC2OC3C(C)OC(OC4C(C)OC(OC5C(C)OC(OC6C(C)OC(OC7C(C)OC(OC8C(C)OC(OC1C(C)C2C)C(C)C8C)C(C)C7C)C(C)C6C)C(C)C5C)C(C)C4C)C(C)C3C. The highest BCUT2D eigenvalue weighted by molar-refractivity contribution is 4.96. The molecule has 0 spiro atoms. The summed E-state index contributed by atoms with van der Waals surface area (Å²) in [5.74, 6) is 1.37. The monoisotopic (exact) mass is 995 g/mol. The molecule has 21 aliphatic heterocycles. The van der Waals surface area contributed by atoms with Crippen molar-refractivity contribution in [3.63, 3.8) is 0 Å². The highest BCUT2D eigenvalue weighted by Gasteiger charge is 2.54. The first-order valence-corrected chi connectivity index (χ1v) is 28.1. The molecule has 21 saturated heterocycles. The quantitative estimate of drug-likeness (QED) is 0.228. The van der Waals surface area contributed by atoms with Crippen LogP contribution in [0.5, 0.6) is 0 Å². The summed E-state index contributed by atoms with van der Waals surface area (Å²) in [5, 5.41) is 0. The van der Waals surface area contributed by atoms with Crippen molar-refractivity contribution in [3.05, 3.63) is 0 Å². The normalized spacial score (nSPS) is 59.7. The summed E-state index contributed by atoms with van der Waals surface area (Å²) in [7, 11) is 0. The average molecular weight is 995 g/mol. The zero-order valence-corrected chi connectivity index (χ0v) is 46.9. The van der Waals surface area contributed by atoms with E-state index in [1.54, 1.807) is 0 Å². The van der Waals surface area contributed by atoms with Gasteiger partial charge in [0.05, 0.1) is 85.5 Å². The van der Waals surface area contributed by atoms with Crippen LogP contribution in [0.15, 0.2) is 0 Å². The van der Waals surface area contributed by atoms with Crippen molar-refractivity contribution in [1.29, 1.82) is 0 Å². The zero-order valence-electron chi connectivity index (χ0n) is 46.9. The van der Waals surface area contributed by atoms with E-state index in [1.807, 2.05) is 0 Å². The highest BCUT2D eigenvalue weighted by Crippen LogP contribution is 2.46. The van der Waals surface area contributed by atoms with Gasteiger partial charge in [-0.1, -0.05) is 96.9 Å². The molecule has 14 nitrogen and oxygen atoms in total. The molecule has 35 atom stereocenters. The zero-order chi connectivity index (χ0) is 51.1. The van der Waals surface area contributed by atoms with E-state index in [2.05, 4.69) is 145 Å². The summed E-state index contributed by atoms with van der Waals surface area (Å²) in [6.45, 7) is 46.0. The lowest BCUT2D eigenvalue weighted by atomic mass is 9.81. The number of ether oxygens (including phenoxy) is 14. The van der Waals surface area contributed by atoms with E-state index in [9.17, 15) is 0 Å². The van der Waals surface area contributed by atoms with Crippen LogP contribution < -0.4 is 0 Å². The lowest BCUT2D eigenvalue weighted by molar-refractivity contribution is -0.364. The van der Waals surface area contributed by atoms with Crippen molar-refractivity contribution in [3.8, 4) is 0 Å². The van der Waals surface area contributed by atoms with E-state index in [-0.39, 0.29) is 168 Å². The van der Waals surface area contributed by atoms with Gasteiger partial charge in [-0.2, -0.15) is 0 Å². The van der Waals surface area contributed by atoms with E-state index in [0.717, 1.165) is 0 Å². The molecule has 0 aliphatic carbocycles. The van der Waals surface area contributed by atoms with Crippen LogP contribution in [0.2, 0.25) is 0 Å². The summed E-state index contributed by atoms with van der Waals surface area (Å²) in [6, 6.07) is 0. The maximum absolute atomic E-state index is 6.97. The molecule has 21 fully saturated rings. The minimum atomic E-state index is -0.419. The van der Waals surface area contributed by atoms with Crippen molar-refractivity contribution in [2.24, 2.45) is 82.9 Å². The van der Waals surface area contributed by atoms with Gasteiger partial charge in [0.1, 0.15) is 0 Å². The molecule has 35 unspecified atom stereocenters. The Morgan fingerprint density at radius 1 is 0.129 bits per heavy atom. The van der Waals surface area contributed by atoms with Crippen LogP contribution in [0.4, 0.5) is 0 Å². The number of hydrogen-bond donors (Lipinski definition) is 0. The Morgan fingerprint density at radius 3 is 0.329 bits per heavy atom. The first-order valence-electron chi connectivity index (χ1n) is 28.1. The van der Waals surface area contributed by atoms with E-state index in [4.69, 9.17) is 66.3 Å². The van der Waals surface area contributed by atoms with Gasteiger partial charge >= 0.3 is 0 Å². The fourth-order valence-corrected chi connectivity index (χ4v) is 13.5. The van der Waals surface area contributed by atoms with Gasteiger partial charge in [0, 0.05) is 41.4 Å². The van der Waals surface area contributed by atoms with Gasteiger partial charge in [-0.05, 0) is 89.9 Å².